The van der Waals surface area contributed by atoms with Crippen molar-refractivity contribution in [3.8, 4) is 6.07 Å². The molecule has 0 fully saturated rings. The first-order valence-corrected chi connectivity index (χ1v) is 5.69. The highest BCUT2D eigenvalue weighted by molar-refractivity contribution is 5.87. The van der Waals surface area contributed by atoms with Crippen LogP contribution >= 0.6 is 0 Å². The third-order valence-electron chi connectivity index (χ3n) is 2.81. The molecular formula is C13H10F3N3O. The molecule has 0 radical (unpaired) electrons. The summed E-state index contributed by atoms with van der Waals surface area (Å²) >= 11 is 0. The molecule has 1 aromatic carbocycles. The van der Waals surface area contributed by atoms with Crippen LogP contribution in [0.3, 0.4) is 0 Å². The topological polar surface area (TPSA) is 68.7 Å². The van der Waals surface area contributed by atoms with E-state index >= 15 is 0 Å². The average molecular weight is 281 g/mol. The van der Waals surface area contributed by atoms with Crippen molar-refractivity contribution in [3.63, 3.8) is 0 Å². The van der Waals surface area contributed by atoms with Crippen molar-refractivity contribution in [1.29, 1.82) is 5.26 Å². The molecule has 2 aromatic rings. The Morgan fingerprint density at radius 2 is 2.05 bits per heavy atom. The lowest BCUT2D eigenvalue weighted by molar-refractivity contribution is -0.163. The number of hydrogen-bond donors (Lipinski definition) is 2. The summed E-state index contributed by atoms with van der Waals surface area (Å²) in [5, 5.41) is 11.3. The number of H-pyrrole nitrogens is 1. The maximum Gasteiger partial charge on any atom is 0.414 e. The molecule has 0 spiro atoms. The zero-order valence-corrected chi connectivity index (χ0v) is 10.4. The first kappa shape index (κ1) is 13.9. The van der Waals surface area contributed by atoms with E-state index in [1.165, 1.54) is 0 Å². The van der Waals surface area contributed by atoms with Gasteiger partial charge in [0.15, 0.2) is 6.04 Å². The van der Waals surface area contributed by atoms with Crippen molar-refractivity contribution >= 4 is 16.8 Å². The normalized spacial score (nSPS) is 12.9. The number of aromatic nitrogens is 1. The van der Waals surface area contributed by atoms with Crippen LogP contribution in [0.5, 0.6) is 0 Å². The van der Waals surface area contributed by atoms with E-state index in [0.717, 1.165) is 6.92 Å². The zero-order chi connectivity index (χ0) is 14.9. The van der Waals surface area contributed by atoms with Crippen LogP contribution in [0.1, 0.15) is 24.2 Å². The van der Waals surface area contributed by atoms with Crippen molar-refractivity contribution in [3.05, 3.63) is 35.5 Å². The Labute approximate surface area is 112 Å². The number of benzene rings is 1. The van der Waals surface area contributed by atoms with Crippen LogP contribution in [0.2, 0.25) is 0 Å². The van der Waals surface area contributed by atoms with Gasteiger partial charge < -0.3 is 10.3 Å². The quantitative estimate of drug-likeness (QED) is 0.888. The van der Waals surface area contributed by atoms with Gasteiger partial charge in [-0.2, -0.15) is 18.4 Å². The molecule has 104 valence electrons. The third kappa shape index (κ3) is 2.45. The average Bonchev–Trinajstić information content (AvgIpc) is 2.72. The first-order valence-electron chi connectivity index (χ1n) is 5.69. The van der Waals surface area contributed by atoms with Gasteiger partial charge in [-0.05, 0) is 6.07 Å². The smallest absolute Gasteiger partial charge is 0.355 e. The molecule has 2 N–H and O–H groups in total. The van der Waals surface area contributed by atoms with Gasteiger partial charge in [-0.15, -0.1) is 0 Å². The van der Waals surface area contributed by atoms with E-state index < -0.39 is 18.1 Å². The Hall–Kier alpha value is -2.49. The number of amides is 1. The second kappa shape index (κ2) is 4.89. The summed E-state index contributed by atoms with van der Waals surface area (Å²) in [6.07, 6.45) is -4.70. The minimum absolute atomic E-state index is 0.114. The standard InChI is InChI=1S/C13H10F3N3O/c1-7(20)18-12(13(14,15)16)11-9(6-17)8-4-2-3-5-10(8)19-11/h2-5,12,19H,1H3,(H,18,20). The third-order valence-corrected chi connectivity index (χ3v) is 2.81. The summed E-state index contributed by atoms with van der Waals surface area (Å²) in [6.45, 7) is 0.993. The molecule has 0 aliphatic rings. The number of halogens is 3. The Balaban J connectivity index is 2.65. The lowest BCUT2D eigenvalue weighted by atomic mass is 10.1. The van der Waals surface area contributed by atoms with E-state index in [-0.39, 0.29) is 11.3 Å². The molecule has 4 nitrogen and oxygen atoms in total. The van der Waals surface area contributed by atoms with Crippen molar-refractivity contribution in [2.24, 2.45) is 0 Å². The molecule has 0 aliphatic carbocycles. The molecule has 1 atom stereocenters. The summed E-state index contributed by atoms with van der Waals surface area (Å²) in [7, 11) is 0. The Morgan fingerprint density at radius 1 is 1.40 bits per heavy atom. The second-order valence-corrected chi connectivity index (χ2v) is 4.25. The lowest BCUT2D eigenvalue weighted by Crippen LogP contribution is -2.37. The summed E-state index contributed by atoms with van der Waals surface area (Å²) in [5.74, 6) is -0.824. The number of carbonyl (C=O) groups excluding carboxylic acids is 1. The molecular weight excluding hydrogens is 271 g/mol. The maximum atomic E-state index is 13.1. The highest BCUT2D eigenvalue weighted by atomic mass is 19.4. The highest BCUT2D eigenvalue weighted by Crippen LogP contribution is 2.36. The number of nitriles is 1. The molecule has 0 bridgehead atoms. The van der Waals surface area contributed by atoms with Gasteiger partial charge in [-0.3, -0.25) is 4.79 Å². The number of fused-ring (bicyclic) bond motifs is 1. The van der Waals surface area contributed by atoms with E-state index in [0.29, 0.717) is 10.9 Å². The number of alkyl halides is 3. The van der Waals surface area contributed by atoms with Crippen LogP contribution in [-0.4, -0.2) is 17.1 Å². The largest absolute Gasteiger partial charge is 0.414 e. The molecule has 20 heavy (non-hydrogen) atoms. The van der Waals surface area contributed by atoms with Crippen molar-refractivity contribution < 1.29 is 18.0 Å². The maximum absolute atomic E-state index is 13.1. The molecule has 0 saturated carbocycles. The molecule has 2 rings (SSSR count). The second-order valence-electron chi connectivity index (χ2n) is 4.25. The molecule has 1 amide bonds. The van der Waals surface area contributed by atoms with E-state index in [1.54, 1.807) is 30.3 Å². The lowest BCUT2D eigenvalue weighted by Gasteiger charge is -2.20. The highest BCUT2D eigenvalue weighted by Gasteiger charge is 2.44. The minimum Gasteiger partial charge on any atom is -0.355 e. The fraction of sp³-hybridized carbons (Fsp3) is 0.231. The number of carbonyl (C=O) groups is 1. The van der Waals surface area contributed by atoms with Gasteiger partial charge in [0.1, 0.15) is 6.07 Å². The van der Waals surface area contributed by atoms with Crippen molar-refractivity contribution in [2.45, 2.75) is 19.1 Å². The fourth-order valence-corrected chi connectivity index (χ4v) is 2.02. The molecule has 1 heterocycles. The molecule has 1 unspecified atom stereocenters. The van der Waals surface area contributed by atoms with Gasteiger partial charge in [0.2, 0.25) is 5.91 Å². The monoisotopic (exact) mass is 281 g/mol. The van der Waals surface area contributed by atoms with Crippen LogP contribution in [0.25, 0.3) is 10.9 Å². The van der Waals surface area contributed by atoms with E-state index in [1.807, 2.05) is 5.32 Å². The predicted octanol–water partition coefficient (Wildman–Crippen LogP) is 2.78. The summed E-state index contributed by atoms with van der Waals surface area (Å²) < 4.78 is 39.2. The summed E-state index contributed by atoms with van der Waals surface area (Å²) in [6, 6.07) is 5.92. The van der Waals surface area contributed by atoms with Gasteiger partial charge in [-0.1, -0.05) is 18.2 Å². The van der Waals surface area contributed by atoms with Gasteiger partial charge >= 0.3 is 6.18 Å². The van der Waals surface area contributed by atoms with Crippen LogP contribution < -0.4 is 5.32 Å². The number of nitrogens with one attached hydrogen (secondary N) is 2. The zero-order valence-electron chi connectivity index (χ0n) is 10.4. The molecule has 0 aliphatic heterocycles. The van der Waals surface area contributed by atoms with E-state index in [2.05, 4.69) is 4.98 Å². The molecule has 7 heteroatoms. The Morgan fingerprint density at radius 3 is 2.60 bits per heavy atom. The van der Waals surface area contributed by atoms with Gasteiger partial charge in [-0.25, -0.2) is 0 Å². The van der Waals surface area contributed by atoms with Crippen LogP contribution in [0.4, 0.5) is 13.2 Å². The first-order chi connectivity index (χ1) is 9.34. The molecule has 1 aromatic heterocycles. The van der Waals surface area contributed by atoms with E-state index in [4.69, 9.17) is 5.26 Å². The number of hydrogen-bond acceptors (Lipinski definition) is 2. The number of aromatic amines is 1. The Bertz CT molecular complexity index is 697. The van der Waals surface area contributed by atoms with Gasteiger partial charge in [0.25, 0.3) is 0 Å². The van der Waals surface area contributed by atoms with Gasteiger partial charge in [0.05, 0.1) is 11.3 Å². The Kier molecular flexibility index (Phi) is 3.40. The SMILES string of the molecule is CC(=O)NC(c1[nH]c2ccccc2c1C#N)C(F)(F)F. The van der Waals surface area contributed by atoms with Crippen LogP contribution in [0, 0.1) is 11.3 Å². The van der Waals surface area contributed by atoms with Gasteiger partial charge in [0, 0.05) is 17.8 Å². The van der Waals surface area contributed by atoms with Crippen molar-refractivity contribution in [2.75, 3.05) is 0 Å². The predicted molar refractivity (Wildman–Crippen MR) is 65.6 cm³/mol. The fourth-order valence-electron chi connectivity index (χ4n) is 2.02. The minimum atomic E-state index is -4.70. The molecule has 0 saturated heterocycles. The van der Waals surface area contributed by atoms with Crippen molar-refractivity contribution in [1.82, 2.24) is 10.3 Å². The van der Waals surface area contributed by atoms with Crippen LogP contribution in [0.15, 0.2) is 24.3 Å². The van der Waals surface area contributed by atoms with E-state index in [9.17, 15) is 18.0 Å². The summed E-state index contributed by atoms with van der Waals surface area (Å²) in [4.78, 5) is 13.6. The number of nitrogens with zero attached hydrogens (tertiary/aromatic N) is 1. The van der Waals surface area contributed by atoms with Crippen LogP contribution in [-0.2, 0) is 4.79 Å². The number of para-hydroxylation sites is 1. The number of rotatable bonds is 2. The summed E-state index contributed by atoms with van der Waals surface area (Å²) in [5.41, 5.74) is -0.0493.